The fourth-order valence-electron chi connectivity index (χ4n) is 9.37. The molecular formula is C51H61IrN3O-2. The van der Waals surface area contributed by atoms with Gasteiger partial charge in [0.15, 0.2) is 0 Å². The van der Waals surface area contributed by atoms with E-state index in [-0.39, 0.29) is 70.4 Å². The summed E-state index contributed by atoms with van der Waals surface area (Å²) in [5.41, 5.74) is 3.34. The maximum atomic E-state index is 9.30. The molecule has 0 N–H and O–H groups in total. The fourth-order valence-corrected chi connectivity index (χ4v) is 9.37. The Hall–Kier alpha value is -3.66. The van der Waals surface area contributed by atoms with Gasteiger partial charge in [-0.1, -0.05) is 95.9 Å². The zero-order chi connectivity index (χ0) is 50.3. The number of furan rings is 1. The van der Waals surface area contributed by atoms with E-state index in [9.17, 15) is 2.74 Å². The molecule has 0 unspecified atom stereocenters. The Bertz CT molecular complexity index is 2780. The van der Waals surface area contributed by atoms with E-state index >= 15 is 0 Å². The van der Waals surface area contributed by atoms with Crippen molar-refractivity contribution in [3.63, 3.8) is 0 Å². The molecule has 297 valence electrons. The van der Waals surface area contributed by atoms with Crippen LogP contribution in [0.4, 0.5) is 0 Å². The summed E-state index contributed by atoms with van der Waals surface area (Å²) in [6.45, 7) is 7.77. The summed E-state index contributed by atoms with van der Waals surface area (Å²) in [6, 6.07) is 22.4. The number of aromatic nitrogens is 3. The summed E-state index contributed by atoms with van der Waals surface area (Å²) in [5, 5.41) is 1.52. The number of fused-ring (bicyclic) bond motifs is 3. The van der Waals surface area contributed by atoms with Crippen LogP contribution < -0.4 is 0 Å². The number of nitrogens with zero attached hydrogens (tertiary/aromatic N) is 3. The quantitative estimate of drug-likeness (QED) is 0.162. The topological polar surface area (TPSA) is 51.8 Å². The molecular weight excluding hydrogens is 863 g/mol. The van der Waals surface area contributed by atoms with E-state index in [2.05, 4.69) is 54.8 Å². The van der Waals surface area contributed by atoms with Gasteiger partial charge in [0, 0.05) is 61.4 Å². The molecule has 5 heteroatoms. The minimum atomic E-state index is -2.51. The minimum absolute atomic E-state index is 0. The van der Waals surface area contributed by atoms with E-state index in [0.717, 1.165) is 36.5 Å². The normalized spacial score (nSPS) is 22.3. The van der Waals surface area contributed by atoms with E-state index in [0.29, 0.717) is 33.7 Å². The van der Waals surface area contributed by atoms with Crippen molar-refractivity contribution in [1.29, 1.82) is 0 Å². The summed E-state index contributed by atoms with van der Waals surface area (Å²) in [4.78, 5) is 13.0. The first kappa shape index (κ1) is 27.9. The summed E-state index contributed by atoms with van der Waals surface area (Å²) in [5.74, 6) is -0.0645. The Morgan fingerprint density at radius 1 is 0.857 bits per heavy atom. The number of pyridine rings is 3. The molecule has 4 heterocycles. The molecule has 4 aromatic heterocycles. The Morgan fingerprint density at radius 3 is 2.32 bits per heavy atom. The van der Waals surface area contributed by atoms with Gasteiger partial charge in [-0.3, -0.25) is 0 Å². The second kappa shape index (κ2) is 16.3. The first-order chi connectivity index (χ1) is 31.2. The van der Waals surface area contributed by atoms with Gasteiger partial charge >= 0.3 is 0 Å². The van der Waals surface area contributed by atoms with Gasteiger partial charge in [-0.05, 0) is 128 Å². The molecule has 0 saturated heterocycles. The van der Waals surface area contributed by atoms with Crippen LogP contribution in [0.15, 0.2) is 77.5 Å². The molecule has 4 nitrogen and oxygen atoms in total. The predicted molar refractivity (Wildman–Crippen MR) is 229 cm³/mol. The largest absolute Gasteiger partial charge is 0.486 e. The van der Waals surface area contributed by atoms with Crippen molar-refractivity contribution in [3.8, 4) is 22.5 Å². The zero-order valence-corrected chi connectivity index (χ0v) is 35.9. The molecule has 6 aromatic rings. The molecule has 0 bridgehead atoms. The van der Waals surface area contributed by atoms with E-state index < -0.39 is 38.7 Å². The van der Waals surface area contributed by atoms with Gasteiger partial charge in [-0.15, -0.1) is 53.6 Å². The summed E-state index contributed by atoms with van der Waals surface area (Å²) < 4.78 is 110. The monoisotopic (exact) mass is 938 g/mol. The van der Waals surface area contributed by atoms with Crippen LogP contribution in [0.3, 0.4) is 0 Å². The van der Waals surface area contributed by atoms with Crippen molar-refractivity contribution in [3.05, 3.63) is 113 Å². The molecule has 2 aliphatic rings. The summed E-state index contributed by atoms with van der Waals surface area (Å²) in [7, 11) is 0. The molecule has 0 atom stereocenters. The van der Waals surface area contributed by atoms with Crippen molar-refractivity contribution in [2.24, 2.45) is 27.6 Å². The first-order valence-electron chi connectivity index (χ1n) is 26.0. The molecule has 2 fully saturated rings. The van der Waals surface area contributed by atoms with Crippen LogP contribution in [-0.2, 0) is 32.9 Å². The number of hydrogen-bond acceptors (Lipinski definition) is 4. The van der Waals surface area contributed by atoms with Gasteiger partial charge in [0.05, 0.1) is 5.58 Å². The molecule has 1 radical (unpaired) electrons. The van der Waals surface area contributed by atoms with E-state index in [1.165, 1.54) is 55.8 Å². The third-order valence-electron chi connectivity index (χ3n) is 12.2. The smallest absolute Gasteiger partial charge is 0.216 e. The maximum Gasteiger partial charge on any atom is 0.216 e. The second-order valence-corrected chi connectivity index (χ2v) is 17.8. The molecule has 8 rings (SSSR count). The van der Waals surface area contributed by atoms with Crippen molar-refractivity contribution in [2.45, 2.75) is 127 Å². The number of benzene rings is 2. The van der Waals surface area contributed by atoms with Gasteiger partial charge in [0.1, 0.15) is 0 Å². The predicted octanol–water partition coefficient (Wildman–Crippen LogP) is 13.9. The molecule has 1 spiro atoms. The van der Waals surface area contributed by atoms with Crippen molar-refractivity contribution >= 4 is 22.1 Å². The van der Waals surface area contributed by atoms with Crippen LogP contribution in [0.25, 0.3) is 44.6 Å². The number of rotatable bonds is 5. The van der Waals surface area contributed by atoms with Crippen molar-refractivity contribution in [1.82, 2.24) is 15.0 Å². The fraction of sp³-hybridized carbons (Fsp3) is 0.471. The molecule has 2 aliphatic carbocycles. The maximum absolute atomic E-state index is 9.30. The SMILES string of the molecule is [2H]C([2H])([2H])c1c[c-]c(-c2cc(C([2H])([2H])C(C)(C)C)c(C([2H])([2H])[2H])cn2)cc1.[2H]C([2H])([2H])c1ccc2c(n1)oc1c(-c3cc(C([2H])([2H])C4CCC5(CC4)C(C)(C)CCCC5(C)C)ccn3)[c-]ccc12.[Ir]. The molecule has 0 amide bonds. The summed E-state index contributed by atoms with van der Waals surface area (Å²) in [6.07, 6.45) is 7.06. The molecule has 56 heavy (non-hydrogen) atoms. The molecule has 0 aliphatic heterocycles. The average Bonchev–Trinajstić information content (AvgIpc) is 3.63. The van der Waals surface area contributed by atoms with Gasteiger partial charge in [0.25, 0.3) is 0 Å². The number of hydrogen-bond donors (Lipinski definition) is 0. The second-order valence-electron chi connectivity index (χ2n) is 17.8. The van der Waals surface area contributed by atoms with Crippen LogP contribution in [0.5, 0.6) is 0 Å². The summed E-state index contributed by atoms with van der Waals surface area (Å²) >= 11 is 0. The third kappa shape index (κ3) is 8.60. The third-order valence-corrected chi connectivity index (χ3v) is 12.2. The van der Waals surface area contributed by atoms with Gasteiger partial charge in [-0.2, -0.15) is 0 Å². The van der Waals surface area contributed by atoms with Crippen molar-refractivity contribution < 1.29 is 42.3 Å². The van der Waals surface area contributed by atoms with E-state index in [1.807, 2.05) is 12.1 Å². The van der Waals surface area contributed by atoms with Crippen LogP contribution >= 0.6 is 0 Å². The van der Waals surface area contributed by atoms with Crippen molar-refractivity contribution in [2.75, 3.05) is 0 Å². The van der Waals surface area contributed by atoms with Crippen LogP contribution in [0, 0.1) is 60.3 Å². The van der Waals surface area contributed by atoms with Crippen LogP contribution in [0.1, 0.15) is 139 Å². The average molecular weight is 937 g/mol. The van der Waals surface area contributed by atoms with Crippen LogP contribution in [0.2, 0.25) is 0 Å². The standard InChI is InChI=1S/C33H39N2O.C18H22N.Ir/c1-22-10-11-26-25-8-6-9-27(29(25)36-30(26)35-22)28-21-24(14-19-34-28)20-23-12-17-33(18-13-23)31(2,3)15-7-16-32(33,4)5;1-13-6-8-15(9-7-13)17-10-16(11-18(3,4)5)14(2)12-19-17;/h6,8,10-11,14,19,21,23H,7,12-13,15-18,20H2,1-5H3;6-8,10,12H,11H2,1-5H3;/q2*-1;/i1D3,20D2;1D3,2D3,11D2;. The number of aryl methyl sites for hydroxylation is 3. The molecule has 2 saturated carbocycles. The van der Waals surface area contributed by atoms with E-state index in [1.54, 1.807) is 45.2 Å². The Morgan fingerprint density at radius 2 is 1.64 bits per heavy atom. The van der Waals surface area contributed by atoms with E-state index in [4.69, 9.17) is 19.5 Å². The van der Waals surface area contributed by atoms with Gasteiger partial charge < -0.3 is 14.4 Å². The Kier molecular flexibility index (Phi) is 8.12. The van der Waals surface area contributed by atoms with Crippen LogP contribution in [-0.4, -0.2) is 15.0 Å². The first-order valence-corrected chi connectivity index (χ1v) is 19.5. The Labute approximate surface area is 368 Å². The van der Waals surface area contributed by atoms with Gasteiger partial charge in [0.2, 0.25) is 5.71 Å². The van der Waals surface area contributed by atoms with Gasteiger partial charge in [-0.25, -0.2) is 4.98 Å². The Balaban J connectivity index is 0.000000244. The molecule has 2 aromatic carbocycles. The minimum Gasteiger partial charge on any atom is -0.486 e. The zero-order valence-electron chi connectivity index (χ0n) is 46.5.